The number of anilines is 1. The number of rotatable bonds is 8. The Balaban J connectivity index is 1.51. The summed E-state index contributed by atoms with van der Waals surface area (Å²) in [6, 6.07) is 0.325. The lowest BCUT2D eigenvalue weighted by Gasteiger charge is -2.26. The highest BCUT2D eigenvalue weighted by Crippen LogP contribution is 2.56. The van der Waals surface area contributed by atoms with E-state index in [2.05, 4.69) is 10.1 Å². The van der Waals surface area contributed by atoms with Gasteiger partial charge in [0.15, 0.2) is 0 Å². The molecule has 40 heavy (non-hydrogen) atoms. The van der Waals surface area contributed by atoms with Gasteiger partial charge in [0.2, 0.25) is 5.43 Å². The largest absolute Gasteiger partial charge is 0.564 e. The number of carbonyl (C=O) groups is 2. The van der Waals surface area contributed by atoms with Crippen LogP contribution in [-0.2, 0) is 20.3 Å². The summed E-state index contributed by atoms with van der Waals surface area (Å²) in [5.41, 5.74) is -2.77. The van der Waals surface area contributed by atoms with E-state index >= 15 is 0 Å². The molecule has 17 heteroatoms. The number of amides is 1. The Bertz CT molecular complexity index is 1560. The van der Waals surface area contributed by atoms with Gasteiger partial charge in [-0.05, 0) is 35.5 Å². The minimum absolute atomic E-state index is 0.0600. The van der Waals surface area contributed by atoms with Gasteiger partial charge in [-0.2, -0.15) is 4.89 Å². The van der Waals surface area contributed by atoms with Crippen LogP contribution in [0.15, 0.2) is 17.1 Å². The number of hydrogen-bond donors (Lipinski definition) is 5. The molecule has 3 unspecified atom stereocenters. The van der Waals surface area contributed by atoms with Crippen LogP contribution in [0.2, 0.25) is 5.02 Å². The molecule has 1 spiro atoms. The molecule has 3 aliphatic rings. The standard InChI is InChI=1S/C23H25ClFN3O10P2/c1-2-10-5-11-18(28(14-6-13(14)25)7-12(19(11)29)20(30)31)16(24)17(10)27-8-15(23(9-27)3-4-23)26-21(32)38-22(39(33)34)40(35,36)37/h5,7,13-15,22H,2-4,6,8-9H2,1H3,(H4-,26,30,31,32,33,34,35,36,37)/p+1/t13-,14?,15+,22?/m0/s1. The van der Waals surface area contributed by atoms with Crippen LogP contribution in [0.1, 0.15) is 48.1 Å². The first-order chi connectivity index (χ1) is 18.7. The number of benzene rings is 1. The number of alkyl halides is 1. The van der Waals surface area contributed by atoms with Gasteiger partial charge < -0.3 is 34.4 Å². The van der Waals surface area contributed by atoms with Gasteiger partial charge in [-0.1, -0.05) is 18.5 Å². The zero-order valence-corrected chi connectivity index (χ0v) is 23.5. The fourth-order valence-corrected chi connectivity index (χ4v) is 7.39. The molecule has 2 saturated carbocycles. The van der Waals surface area contributed by atoms with Crippen molar-refractivity contribution in [2.24, 2.45) is 5.41 Å². The van der Waals surface area contributed by atoms with E-state index in [0.29, 0.717) is 37.1 Å². The smallest absolute Gasteiger partial charge is 0.477 e. The third-order valence-electron chi connectivity index (χ3n) is 7.80. The lowest BCUT2D eigenvalue weighted by molar-refractivity contribution is 0.0694. The summed E-state index contributed by atoms with van der Waals surface area (Å²) < 4.78 is 43.0. The first-order valence-electron chi connectivity index (χ1n) is 12.4. The van der Waals surface area contributed by atoms with Crippen LogP contribution >= 0.6 is 27.2 Å². The number of halogens is 2. The molecule has 5 atom stereocenters. The molecule has 2 heterocycles. The van der Waals surface area contributed by atoms with E-state index in [9.17, 15) is 47.7 Å². The molecule has 1 amide bonds. The summed E-state index contributed by atoms with van der Waals surface area (Å²) in [5.74, 6) is -1.43. The minimum atomic E-state index is -5.21. The quantitative estimate of drug-likeness (QED) is 0.272. The Kier molecular flexibility index (Phi) is 7.26. The van der Waals surface area contributed by atoms with Crippen LogP contribution in [0.5, 0.6) is 0 Å². The molecule has 1 aromatic heterocycles. The molecular weight excluding hydrogens is 595 g/mol. The summed E-state index contributed by atoms with van der Waals surface area (Å²) in [5, 5.41) is 12.3. The maximum atomic E-state index is 14.2. The Morgan fingerprint density at radius 1 is 1.38 bits per heavy atom. The maximum Gasteiger partial charge on any atom is 0.564 e. The van der Waals surface area contributed by atoms with E-state index in [0.717, 1.165) is 6.20 Å². The van der Waals surface area contributed by atoms with Crippen LogP contribution in [0.4, 0.5) is 14.9 Å². The maximum absolute atomic E-state index is 14.2. The Labute approximate surface area is 231 Å². The number of carboxylic acid groups (broad SMARTS) is 1. The van der Waals surface area contributed by atoms with Gasteiger partial charge in [-0.25, -0.2) is 14.0 Å². The summed E-state index contributed by atoms with van der Waals surface area (Å²) in [6.07, 6.45) is 0.606. The number of nitrogens with zero attached hydrogens (tertiary/aromatic N) is 2. The SMILES string of the molecule is CCc1cc2c(=O)c(C(=O)O)cn(C3C[C@@H]3F)c2c(Cl)c1N1C[C@@H](NC(=O)OC([P+](=O)O)P(=O)(O)O)C2(CC2)C1. The van der Waals surface area contributed by atoms with E-state index in [-0.39, 0.29) is 28.9 Å². The van der Waals surface area contributed by atoms with Crippen LogP contribution in [-0.4, -0.2) is 67.3 Å². The Hall–Kier alpha value is -2.60. The lowest BCUT2D eigenvalue weighted by atomic mass is 10.0. The summed E-state index contributed by atoms with van der Waals surface area (Å²) in [4.78, 5) is 66.9. The molecule has 0 bridgehead atoms. The Morgan fingerprint density at radius 3 is 2.52 bits per heavy atom. The molecule has 5 rings (SSSR count). The molecule has 1 saturated heterocycles. The van der Waals surface area contributed by atoms with Crippen molar-refractivity contribution in [3.05, 3.63) is 38.6 Å². The minimum Gasteiger partial charge on any atom is -0.477 e. The van der Waals surface area contributed by atoms with Crippen molar-refractivity contribution in [1.82, 2.24) is 9.88 Å². The molecule has 1 aliphatic heterocycles. The van der Waals surface area contributed by atoms with Gasteiger partial charge in [0.1, 0.15) is 11.7 Å². The molecular formula is C23H26ClFN3O10P2+. The fourth-order valence-electron chi connectivity index (χ4n) is 5.50. The highest BCUT2D eigenvalue weighted by Gasteiger charge is 2.57. The second-order valence-corrected chi connectivity index (χ2v) is 13.9. The van der Waals surface area contributed by atoms with E-state index < -0.39 is 67.9 Å². The number of aromatic nitrogens is 1. The third-order valence-corrected chi connectivity index (χ3v) is 10.8. The summed E-state index contributed by atoms with van der Waals surface area (Å²) in [7, 11) is -8.72. The number of nitrogens with one attached hydrogen (secondary N) is 1. The molecule has 2 aliphatic carbocycles. The second kappa shape index (κ2) is 10.0. The second-order valence-electron chi connectivity index (χ2n) is 10.4. The van der Waals surface area contributed by atoms with Crippen molar-refractivity contribution in [1.29, 1.82) is 0 Å². The van der Waals surface area contributed by atoms with Crippen molar-refractivity contribution in [3.8, 4) is 0 Å². The predicted molar refractivity (Wildman–Crippen MR) is 141 cm³/mol. The van der Waals surface area contributed by atoms with Crippen molar-refractivity contribution >= 4 is 55.9 Å². The average molecular weight is 621 g/mol. The first kappa shape index (κ1) is 28.9. The molecule has 1 aromatic carbocycles. The highest BCUT2D eigenvalue weighted by atomic mass is 35.5. The van der Waals surface area contributed by atoms with Crippen LogP contribution < -0.4 is 15.6 Å². The van der Waals surface area contributed by atoms with Crippen molar-refractivity contribution in [2.45, 2.75) is 56.4 Å². The number of hydrogen-bond acceptors (Lipinski definition) is 7. The van der Waals surface area contributed by atoms with Gasteiger partial charge in [-0.15, -0.1) is 0 Å². The lowest BCUT2D eigenvalue weighted by Crippen LogP contribution is -2.42. The third kappa shape index (κ3) is 5.01. The number of pyridine rings is 1. The van der Waals surface area contributed by atoms with E-state index in [1.807, 2.05) is 11.8 Å². The number of carboxylic acids is 1. The topological polar surface area (TPSA) is 196 Å². The normalized spacial score (nSPS) is 24.2. The predicted octanol–water partition coefficient (Wildman–Crippen LogP) is 3.09. The van der Waals surface area contributed by atoms with Crippen molar-refractivity contribution in [2.75, 3.05) is 18.0 Å². The van der Waals surface area contributed by atoms with Crippen LogP contribution in [0, 0.1) is 5.41 Å². The van der Waals surface area contributed by atoms with E-state index in [4.69, 9.17) is 11.6 Å². The van der Waals surface area contributed by atoms with Gasteiger partial charge in [0, 0.05) is 36.5 Å². The fraction of sp³-hybridized carbons (Fsp3) is 0.522. The van der Waals surface area contributed by atoms with Gasteiger partial charge in [0.25, 0.3) is 0 Å². The van der Waals surface area contributed by atoms with Crippen molar-refractivity contribution < 1.29 is 47.6 Å². The summed E-state index contributed by atoms with van der Waals surface area (Å²) in [6.45, 7) is 2.43. The number of alkyl carbamates (subject to hydrolysis) is 1. The molecule has 5 N–H and O–H groups in total. The molecule has 216 valence electrons. The highest BCUT2D eigenvalue weighted by molar-refractivity contribution is 7.65. The van der Waals surface area contributed by atoms with Gasteiger partial charge in [0.05, 0.1) is 28.3 Å². The number of aromatic carboxylic acids is 1. The van der Waals surface area contributed by atoms with Crippen LogP contribution in [0.25, 0.3) is 10.9 Å². The van der Waals surface area contributed by atoms with Crippen molar-refractivity contribution in [3.63, 3.8) is 0 Å². The Morgan fingerprint density at radius 2 is 2.02 bits per heavy atom. The van der Waals surface area contributed by atoms with E-state index in [1.165, 1.54) is 4.57 Å². The first-order valence-corrected chi connectivity index (χ1v) is 15.7. The number of ether oxygens (including phenoxy) is 1. The number of aryl methyl sites for hydroxylation is 1. The summed E-state index contributed by atoms with van der Waals surface area (Å²) >= 11 is 6.92. The van der Waals surface area contributed by atoms with Gasteiger partial charge in [-0.3, -0.25) is 9.36 Å². The van der Waals surface area contributed by atoms with E-state index in [1.54, 1.807) is 6.07 Å². The van der Waals surface area contributed by atoms with Crippen LogP contribution in [0.3, 0.4) is 0 Å². The number of carbonyl (C=O) groups excluding carboxylic acids is 1. The van der Waals surface area contributed by atoms with Gasteiger partial charge >= 0.3 is 33.3 Å². The average Bonchev–Trinajstić information content (AvgIpc) is 3.76. The molecule has 0 radical (unpaired) electrons. The molecule has 3 fully saturated rings. The number of fused-ring (bicyclic) bond motifs is 1. The zero-order chi connectivity index (χ0) is 29.3. The molecule has 2 aromatic rings. The molecule has 13 nitrogen and oxygen atoms in total. The zero-order valence-electron chi connectivity index (χ0n) is 21.0. The monoisotopic (exact) mass is 620 g/mol.